The fraction of sp³-hybridized carbons (Fsp3) is 0.440. The summed E-state index contributed by atoms with van der Waals surface area (Å²) in [4.78, 5) is 27.8. The van der Waals surface area contributed by atoms with E-state index in [1.165, 1.54) is 4.90 Å². The summed E-state index contributed by atoms with van der Waals surface area (Å²) in [5.41, 5.74) is 2.11. The van der Waals surface area contributed by atoms with Crippen molar-refractivity contribution < 1.29 is 18.0 Å². The molecular formula is C25H34ClN3O4S. The van der Waals surface area contributed by atoms with E-state index in [0.29, 0.717) is 16.3 Å². The molecule has 0 aliphatic rings. The minimum absolute atomic E-state index is 0.0585. The van der Waals surface area contributed by atoms with Gasteiger partial charge in [-0.25, -0.2) is 8.42 Å². The Morgan fingerprint density at radius 3 is 2.18 bits per heavy atom. The highest BCUT2D eigenvalue weighted by Crippen LogP contribution is 2.22. The number of hydrogen-bond acceptors (Lipinski definition) is 4. The van der Waals surface area contributed by atoms with E-state index in [9.17, 15) is 18.0 Å². The number of anilines is 1. The van der Waals surface area contributed by atoms with Crippen molar-refractivity contribution in [3.05, 3.63) is 64.7 Å². The number of nitrogens with zero attached hydrogens (tertiary/aromatic N) is 2. The molecule has 0 heterocycles. The van der Waals surface area contributed by atoms with Crippen LogP contribution < -0.4 is 9.62 Å². The molecule has 1 N–H and O–H groups in total. The maximum Gasteiger partial charge on any atom is 0.244 e. The summed E-state index contributed by atoms with van der Waals surface area (Å²) < 4.78 is 26.3. The van der Waals surface area contributed by atoms with E-state index in [1.807, 2.05) is 32.9 Å². The average molecular weight is 508 g/mol. The molecule has 0 bridgehead atoms. The van der Waals surface area contributed by atoms with E-state index in [-0.39, 0.29) is 18.5 Å². The molecule has 0 unspecified atom stereocenters. The number of nitrogens with one attached hydrogen (secondary N) is 1. The van der Waals surface area contributed by atoms with E-state index in [2.05, 4.69) is 5.32 Å². The third-order valence-electron chi connectivity index (χ3n) is 5.78. The summed E-state index contributed by atoms with van der Waals surface area (Å²) in [7, 11) is -3.76. The molecule has 0 spiro atoms. The molecule has 0 aliphatic carbocycles. The maximum atomic E-state index is 13.5. The Balaban J connectivity index is 2.39. The van der Waals surface area contributed by atoms with E-state index in [4.69, 9.17) is 11.6 Å². The van der Waals surface area contributed by atoms with Crippen LogP contribution in [0.1, 0.15) is 45.2 Å². The number of aryl methyl sites for hydroxylation is 1. The van der Waals surface area contributed by atoms with Crippen LogP contribution in [0, 0.1) is 0 Å². The Bertz CT molecular complexity index is 1090. The van der Waals surface area contributed by atoms with Crippen LogP contribution in [0.5, 0.6) is 0 Å². The van der Waals surface area contributed by atoms with Gasteiger partial charge in [-0.05, 0) is 56.0 Å². The molecule has 186 valence electrons. The fourth-order valence-electron chi connectivity index (χ4n) is 3.37. The summed E-state index contributed by atoms with van der Waals surface area (Å²) in [6.45, 7) is 7.11. The number of rotatable bonds is 11. The zero-order valence-electron chi connectivity index (χ0n) is 20.4. The Hall–Kier alpha value is -2.58. The fourth-order valence-corrected chi connectivity index (χ4v) is 4.42. The number of carbonyl (C=O) groups is 2. The van der Waals surface area contributed by atoms with Gasteiger partial charge in [-0.1, -0.05) is 55.8 Å². The molecular weight excluding hydrogens is 474 g/mol. The molecule has 2 aromatic carbocycles. The first-order valence-corrected chi connectivity index (χ1v) is 13.6. The zero-order valence-corrected chi connectivity index (χ0v) is 22.0. The number of sulfonamides is 1. The second-order valence-electron chi connectivity index (χ2n) is 8.40. The van der Waals surface area contributed by atoms with Crippen LogP contribution in [0.4, 0.5) is 5.69 Å². The van der Waals surface area contributed by atoms with Crippen molar-refractivity contribution in [1.82, 2.24) is 10.2 Å². The Labute approximate surface area is 208 Å². The SMILES string of the molecule is CCc1ccc(N(CC(=O)N(Cc2ccccc2Cl)[C@H](C)C(=O)N[C@@H](C)CC)S(C)(=O)=O)cc1. The monoisotopic (exact) mass is 507 g/mol. The van der Waals surface area contributed by atoms with Crippen molar-refractivity contribution >= 4 is 39.1 Å². The van der Waals surface area contributed by atoms with Gasteiger partial charge >= 0.3 is 0 Å². The van der Waals surface area contributed by atoms with Gasteiger partial charge in [0.15, 0.2) is 0 Å². The summed E-state index contributed by atoms with van der Waals surface area (Å²) in [6, 6.07) is 13.2. The zero-order chi connectivity index (χ0) is 25.5. The molecule has 0 aliphatic heterocycles. The summed E-state index contributed by atoms with van der Waals surface area (Å²) in [5, 5.41) is 3.36. The van der Waals surface area contributed by atoms with Crippen molar-refractivity contribution in [2.75, 3.05) is 17.1 Å². The van der Waals surface area contributed by atoms with E-state index < -0.39 is 28.5 Å². The highest BCUT2D eigenvalue weighted by Gasteiger charge is 2.30. The van der Waals surface area contributed by atoms with E-state index in [0.717, 1.165) is 29.0 Å². The summed E-state index contributed by atoms with van der Waals surface area (Å²) >= 11 is 6.32. The topological polar surface area (TPSA) is 86.8 Å². The number of carbonyl (C=O) groups excluding carboxylic acids is 2. The lowest BCUT2D eigenvalue weighted by Gasteiger charge is -2.32. The van der Waals surface area contributed by atoms with E-state index >= 15 is 0 Å². The highest BCUT2D eigenvalue weighted by molar-refractivity contribution is 7.92. The van der Waals surface area contributed by atoms with Gasteiger partial charge in [0.25, 0.3) is 0 Å². The minimum Gasteiger partial charge on any atom is -0.352 e. The molecule has 9 heteroatoms. The number of benzene rings is 2. The molecule has 0 aromatic heterocycles. The second-order valence-corrected chi connectivity index (χ2v) is 10.7. The molecule has 0 saturated heterocycles. The first-order chi connectivity index (χ1) is 16.0. The van der Waals surface area contributed by atoms with Crippen LogP contribution in [0.25, 0.3) is 0 Å². The van der Waals surface area contributed by atoms with Gasteiger partial charge in [-0.3, -0.25) is 13.9 Å². The Morgan fingerprint density at radius 2 is 1.65 bits per heavy atom. The Kier molecular flexibility index (Phi) is 9.94. The number of hydrogen-bond donors (Lipinski definition) is 1. The number of halogens is 1. The van der Waals surface area contributed by atoms with Crippen LogP contribution in [0.3, 0.4) is 0 Å². The largest absolute Gasteiger partial charge is 0.352 e. The normalized spacial score (nSPS) is 13.1. The lowest BCUT2D eigenvalue weighted by atomic mass is 10.1. The maximum absolute atomic E-state index is 13.5. The molecule has 0 saturated carbocycles. The highest BCUT2D eigenvalue weighted by atomic mass is 35.5. The standard InChI is InChI=1S/C25H34ClN3O4S/c1-6-18(3)27-25(31)19(4)28(16-21-10-8-9-11-23(21)26)24(30)17-29(34(5,32)33)22-14-12-20(7-2)13-15-22/h8-15,18-19H,6-7,16-17H2,1-5H3,(H,27,31)/t18-,19+/m0/s1. The molecule has 2 amide bonds. The van der Waals surface area contributed by atoms with Crippen LogP contribution in [-0.2, 0) is 32.6 Å². The van der Waals surface area contributed by atoms with Gasteiger partial charge in [0, 0.05) is 17.6 Å². The van der Waals surface area contributed by atoms with Gasteiger partial charge in [-0.15, -0.1) is 0 Å². The third kappa shape index (κ3) is 7.46. The van der Waals surface area contributed by atoms with Crippen molar-refractivity contribution in [1.29, 1.82) is 0 Å². The lowest BCUT2D eigenvalue weighted by molar-refractivity contribution is -0.139. The molecule has 0 fully saturated rings. The molecule has 2 aromatic rings. The smallest absolute Gasteiger partial charge is 0.244 e. The van der Waals surface area contributed by atoms with Gasteiger partial charge in [0.2, 0.25) is 21.8 Å². The van der Waals surface area contributed by atoms with Crippen molar-refractivity contribution in [3.63, 3.8) is 0 Å². The minimum atomic E-state index is -3.76. The van der Waals surface area contributed by atoms with Crippen LogP contribution in [0.2, 0.25) is 5.02 Å². The average Bonchev–Trinajstić information content (AvgIpc) is 2.80. The summed E-state index contributed by atoms with van der Waals surface area (Å²) in [6.07, 6.45) is 2.62. The molecule has 2 atom stereocenters. The predicted molar refractivity (Wildman–Crippen MR) is 137 cm³/mol. The first-order valence-electron chi connectivity index (χ1n) is 11.4. The van der Waals surface area contributed by atoms with Crippen molar-refractivity contribution in [2.24, 2.45) is 0 Å². The van der Waals surface area contributed by atoms with Gasteiger partial charge in [-0.2, -0.15) is 0 Å². The second kappa shape index (κ2) is 12.2. The van der Waals surface area contributed by atoms with Crippen molar-refractivity contribution in [2.45, 2.75) is 59.2 Å². The van der Waals surface area contributed by atoms with Crippen molar-refractivity contribution in [3.8, 4) is 0 Å². The third-order valence-corrected chi connectivity index (χ3v) is 7.29. The lowest BCUT2D eigenvalue weighted by Crippen LogP contribution is -2.52. The van der Waals surface area contributed by atoms with Crippen LogP contribution >= 0.6 is 11.6 Å². The molecule has 34 heavy (non-hydrogen) atoms. The molecule has 0 radical (unpaired) electrons. The van der Waals surface area contributed by atoms with Gasteiger partial charge in [0.1, 0.15) is 12.6 Å². The molecule has 2 rings (SSSR count). The van der Waals surface area contributed by atoms with Crippen LogP contribution in [-0.4, -0.2) is 50.0 Å². The van der Waals surface area contributed by atoms with Crippen LogP contribution in [0.15, 0.2) is 48.5 Å². The van der Waals surface area contributed by atoms with Gasteiger partial charge < -0.3 is 10.2 Å². The first kappa shape index (κ1) is 27.7. The van der Waals surface area contributed by atoms with E-state index in [1.54, 1.807) is 43.3 Å². The Morgan fingerprint density at radius 1 is 1.03 bits per heavy atom. The predicted octanol–water partition coefficient (Wildman–Crippen LogP) is 4.00. The van der Waals surface area contributed by atoms with Gasteiger partial charge in [0.05, 0.1) is 11.9 Å². The number of amides is 2. The molecule has 7 nitrogen and oxygen atoms in total. The summed E-state index contributed by atoms with van der Waals surface area (Å²) in [5.74, 6) is -0.815. The quantitative estimate of drug-likeness (QED) is 0.498.